The van der Waals surface area contributed by atoms with E-state index in [2.05, 4.69) is 5.10 Å². The van der Waals surface area contributed by atoms with Crippen molar-refractivity contribution in [1.29, 1.82) is 0 Å². The third-order valence-corrected chi connectivity index (χ3v) is 2.32. The highest BCUT2D eigenvalue weighted by Crippen LogP contribution is 2.17. The van der Waals surface area contributed by atoms with Crippen LogP contribution in [0, 0.1) is 6.92 Å². The predicted molar refractivity (Wildman–Crippen MR) is 61.3 cm³/mol. The van der Waals surface area contributed by atoms with Gasteiger partial charge in [-0.3, -0.25) is 0 Å². The Kier molecular flexibility index (Phi) is 2.64. The summed E-state index contributed by atoms with van der Waals surface area (Å²) in [6.45, 7) is 5.77. The molecule has 0 saturated heterocycles. The van der Waals surface area contributed by atoms with E-state index in [1.54, 1.807) is 0 Å². The highest BCUT2D eigenvalue weighted by Gasteiger charge is 2.11. The molecule has 0 N–H and O–H groups in total. The van der Waals surface area contributed by atoms with Crippen molar-refractivity contribution in [2.45, 2.75) is 26.8 Å². The van der Waals surface area contributed by atoms with Gasteiger partial charge in [0.15, 0.2) is 0 Å². The summed E-state index contributed by atoms with van der Waals surface area (Å²) >= 11 is 0. The van der Waals surface area contributed by atoms with Crippen LogP contribution in [-0.2, 0) is 0 Å². The van der Waals surface area contributed by atoms with E-state index >= 15 is 0 Å². The molecule has 2 rings (SSSR count). The third-order valence-electron chi connectivity index (χ3n) is 2.32. The topological polar surface area (TPSA) is 48.0 Å². The van der Waals surface area contributed by atoms with Gasteiger partial charge in [0.25, 0.3) is 0 Å². The van der Waals surface area contributed by atoms with Crippen LogP contribution >= 0.6 is 0 Å². The molecular weight excluding hydrogens is 204 g/mol. The van der Waals surface area contributed by atoms with Crippen LogP contribution < -0.4 is 5.76 Å². The summed E-state index contributed by atoms with van der Waals surface area (Å²) in [4.78, 5) is 11.5. The zero-order valence-electron chi connectivity index (χ0n) is 9.60. The Morgan fingerprint density at radius 2 is 2.12 bits per heavy atom. The molecule has 0 aliphatic carbocycles. The summed E-state index contributed by atoms with van der Waals surface area (Å²) in [5, 5.41) is 4.16. The van der Waals surface area contributed by atoms with Gasteiger partial charge in [0, 0.05) is 5.56 Å². The summed E-state index contributed by atoms with van der Waals surface area (Å²) in [7, 11) is 0. The fraction of sp³-hybridized carbons (Fsp3) is 0.333. The van der Waals surface area contributed by atoms with Crippen LogP contribution in [-0.4, -0.2) is 9.78 Å². The van der Waals surface area contributed by atoms with Gasteiger partial charge in [-0.25, -0.2) is 4.79 Å². The molecule has 0 bridgehead atoms. The zero-order chi connectivity index (χ0) is 11.7. The third kappa shape index (κ3) is 1.91. The van der Waals surface area contributed by atoms with Crippen LogP contribution in [0.3, 0.4) is 0 Å². The molecule has 0 amide bonds. The second kappa shape index (κ2) is 3.96. The lowest BCUT2D eigenvalue weighted by Gasteiger charge is -1.99. The Morgan fingerprint density at radius 1 is 1.38 bits per heavy atom. The number of nitrogens with zero attached hydrogens (tertiary/aromatic N) is 2. The maximum Gasteiger partial charge on any atom is 0.437 e. The van der Waals surface area contributed by atoms with E-state index in [-0.39, 0.29) is 6.04 Å². The molecule has 84 valence electrons. The van der Waals surface area contributed by atoms with Crippen molar-refractivity contribution < 1.29 is 4.42 Å². The van der Waals surface area contributed by atoms with Gasteiger partial charge >= 0.3 is 5.76 Å². The van der Waals surface area contributed by atoms with Crippen LogP contribution in [0.5, 0.6) is 0 Å². The average Bonchev–Trinajstić information content (AvgIpc) is 2.60. The van der Waals surface area contributed by atoms with Crippen LogP contribution in [0.25, 0.3) is 11.5 Å². The molecule has 0 saturated carbocycles. The lowest BCUT2D eigenvalue weighted by Crippen LogP contribution is -2.17. The first-order valence-electron chi connectivity index (χ1n) is 5.24. The van der Waals surface area contributed by atoms with Gasteiger partial charge in [0.05, 0.1) is 6.04 Å². The summed E-state index contributed by atoms with van der Waals surface area (Å²) < 4.78 is 6.46. The first-order valence-corrected chi connectivity index (χ1v) is 5.24. The van der Waals surface area contributed by atoms with Gasteiger partial charge in [-0.1, -0.05) is 17.7 Å². The van der Waals surface area contributed by atoms with Crippen molar-refractivity contribution in [3.8, 4) is 11.5 Å². The van der Waals surface area contributed by atoms with Crippen molar-refractivity contribution >= 4 is 0 Å². The number of rotatable bonds is 2. The molecule has 2 aromatic rings. The highest BCUT2D eigenvalue weighted by molar-refractivity contribution is 5.53. The number of hydrogen-bond acceptors (Lipinski definition) is 3. The molecule has 4 heteroatoms. The van der Waals surface area contributed by atoms with Crippen LogP contribution in [0.4, 0.5) is 0 Å². The Morgan fingerprint density at radius 3 is 2.69 bits per heavy atom. The molecule has 0 aliphatic heterocycles. The number of aryl methyl sites for hydroxylation is 1. The van der Waals surface area contributed by atoms with E-state index in [0.29, 0.717) is 5.89 Å². The van der Waals surface area contributed by atoms with Crippen LogP contribution in [0.15, 0.2) is 33.5 Å². The fourth-order valence-electron chi connectivity index (χ4n) is 1.51. The van der Waals surface area contributed by atoms with E-state index in [0.717, 1.165) is 11.1 Å². The molecule has 1 heterocycles. The van der Waals surface area contributed by atoms with Gasteiger partial charge in [-0.15, -0.1) is 5.10 Å². The second-order valence-corrected chi connectivity index (χ2v) is 4.08. The van der Waals surface area contributed by atoms with Crippen LogP contribution in [0.1, 0.15) is 25.5 Å². The average molecular weight is 218 g/mol. The first kappa shape index (κ1) is 10.7. The largest absolute Gasteiger partial charge is 0.437 e. The molecule has 0 aliphatic rings. The van der Waals surface area contributed by atoms with Crippen molar-refractivity contribution in [3.63, 3.8) is 0 Å². The van der Waals surface area contributed by atoms with Crippen molar-refractivity contribution in [2.24, 2.45) is 0 Å². The molecule has 0 atom stereocenters. The standard InChI is InChI=1S/C12H14N2O2/c1-8(2)14-12(15)16-11(13-14)10-6-4-5-9(3)7-10/h4-8H,1-3H3. The minimum Gasteiger partial charge on any atom is -0.388 e. The number of hydrogen-bond donors (Lipinski definition) is 0. The molecule has 1 aromatic carbocycles. The van der Waals surface area contributed by atoms with Gasteiger partial charge in [0.2, 0.25) is 5.89 Å². The SMILES string of the molecule is Cc1cccc(-c2nn(C(C)C)c(=O)o2)c1. The molecule has 0 fully saturated rings. The summed E-state index contributed by atoms with van der Waals surface area (Å²) in [5.74, 6) is -0.0334. The van der Waals surface area contributed by atoms with Gasteiger partial charge in [-0.2, -0.15) is 4.68 Å². The summed E-state index contributed by atoms with van der Waals surface area (Å²) in [6, 6.07) is 7.73. The van der Waals surface area contributed by atoms with E-state index in [1.807, 2.05) is 45.0 Å². The quantitative estimate of drug-likeness (QED) is 0.777. The van der Waals surface area contributed by atoms with E-state index in [9.17, 15) is 4.79 Å². The maximum atomic E-state index is 11.5. The molecule has 0 spiro atoms. The molecule has 4 nitrogen and oxygen atoms in total. The lowest BCUT2D eigenvalue weighted by atomic mass is 10.1. The molecule has 16 heavy (non-hydrogen) atoms. The molecular formula is C12H14N2O2. The molecule has 0 unspecified atom stereocenters. The van der Waals surface area contributed by atoms with Crippen molar-refractivity contribution in [1.82, 2.24) is 9.78 Å². The Bertz CT molecular complexity index is 552. The second-order valence-electron chi connectivity index (χ2n) is 4.08. The lowest BCUT2D eigenvalue weighted by molar-refractivity contribution is 0.449. The smallest absolute Gasteiger partial charge is 0.388 e. The Hall–Kier alpha value is -1.84. The Labute approximate surface area is 93.5 Å². The minimum absolute atomic E-state index is 0.00908. The van der Waals surface area contributed by atoms with E-state index in [1.165, 1.54) is 4.68 Å². The Balaban J connectivity index is 2.50. The van der Waals surface area contributed by atoms with Gasteiger partial charge in [-0.05, 0) is 32.9 Å². The van der Waals surface area contributed by atoms with E-state index < -0.39 is 5.76 Å². The molecule has 0 radical (unpaired) electrons. The van der Waals surface area contributed by atoms with E-state index in [4.69, 9.17) is 4.42 Å². The number of benzene rings is 1. The summed E-state index contributed by atoms with van der Waals surface area (Å²) in [6.07, 6.45) is 0. The normalized spacial score (nSPS) is 11.0. The van der Waals surface area contributed by atoms with Crippen molar-refractivity contribution in [2.75, 3.05) is 0 Å². The zero-order valence-corrected chi connectivity index (χ0v) is 9.60. The number of aromatic nitrogens is 2. The van der Waals surface area contributed by atoms with Gasteiger partial charge in [0.1, 0.15) is 0 Å². The fourth-order valence-corrected chi connectivity index (χ4v) is 1.51. The van der Waals surface area contributed by atoms with Gasteiger partial charge < -0.3 is 4.42 Å². The van der Waals surface area contributed by atoms with Crippen LogP contribution in [0.2, 0.25) is 0 Å². The molecule has 1 aromatic heterocycles. The first-order chi connectivity index (χ1) is 7.58. The maximum absolute atomic E-state index is 11.5. The monoisotopic (exact) mass is 218 g/mol. The minimum atomic E-state index is -0.411. The summed E-state index contributed by atoms with van der Waals surface area (Å²) in [5.41, 5.74) is 1.94. The van der Waals surface area contributed by atoms with Crippen molar-refractivity contribution in [3.05, 3.63) is 40.4 Å². The predicted octanol–water partition coefficient (Wildman–Crippen LogP) is 2.39. The highest BCUT2D eigenvalue weighted by atomic mass is 16.4.